The Morgan fingerprint density at radius 1 is 0.566 bits per heavy atom. The second-order valence-electron chi connectivity index (χ2n) is 11.4. The zero-order valence-electron chi connectivity index (χ0n) is 29.5. The number of aromatic hydroxyl groups is 1. The van der Waals surface area contributed by atoms with Gasteiger partial charge in [-0.25, -0.2) is 8.78 Å². The number of hydrogen-bond donors (Lipinski definition) is 1. The van der Waals surface area contributed by atoms with E-state index >= 15 is 0 Å². The standard InChI is InChI=1S/C21H14ClFO.C20H12ClFO.C2H6.BBr3/c1-24-20-11-14-10-9-13-5-2-3-6-15(13)17(14)12-18(20)16-7-4-8-19(22)21(16)23;21-18-7-3-6-15(20(18)22)17-11-16-13(10-19(17)23)9-8-12-4-1-2-5-14(12)16;1-2;2-1(3)4/h2-12H,1H3;1-11,23H;1-2H3;/i;;1D;. The van der Waals surface area contributed by atoms with Crippen LogP contribution in [-0.4, -0.2) is 15.4 Å². The van der Waals surface area contributed by atoms with Crippen molar-refractivity contribution in [2.75, 3.05) is 7.11 Å². The first kappa shape index (κ1) is 39.1. The van der Waals surface area contributed by atoms with Crippen molar-refractivity contribution in [1.29, 1.82) is 0 Å². The second kappa shape index (κ2) is 18.6. The van der Waals surface area contributed by atoms with Crippen molar-refractivity contribution < 1.29 is 20.0 Å². The van der Waals surface area contributed by atoms with E-state index in [0.29, 0.717) is 34.9 Å². The van der Waals surface area contributed by atoms with Gasteiger partial charge >= 0.3 is 3.18 Å². The first-order chi connectivity index (χ1) is 26.0. The molecule has 0 aliphatic rings. The highest BCUT2D eigenvalue weighted by Gasteiger charge is 2.16. The van der Waals surface area contributed by atoms with Gasteiger partial charge in [0, 0.05) is 23.6 Å². The summed E-state index contributed by atoms with van der Waals surface area (Å²) in [7, 11) is 1.59. The first-order valence-electron chi connectivity index (χ1n) is 16.9. The highest BCUT2D eigenvalue weighted by Crippen LogP contribution is 2.40. The molecule has 8 aromatic rings. The molecule has 10 heteroatoms. The molecule has 0 radical (unpaired) electrons. The molecule has 0 fully saturated rings. The third-order valence-corrected chi connectivity index (χ3v) is 8.99. The summed E-state index contributed by atoms with van der Waals surface area (Å²) in [6.45, 7) is 2.29. The maximum Gasteiger partial charge on any atom is 0.369 e. The number of rotatable bonds is 3. The Hall–Kier alpha value is -3.66. The predicted octanol–water partition coefficient (Wildman–Crippen LogP) is 15.8. The fraction of sp³-hybridized carbons (Fsp3) is 0.0698. The van der Waals surface area contributed by atoms with Gasteiger partial charge in [-0.2, -0.15) is 0 Å². The highest BCUT2D eigenvalue weighted by atomic mass is 79.9. The molecular weight excluding hydrogens is 908 g/mol. The summed E-state index contributed by atoms with van der Waals surface area (Å²) in [6, 6.07) is 41.4. The fourth-order valence-corrected chi connectivity index (χ4v) is 6.44. The molecular formula is C43H32BBr3Cl2F2O2. The topological polar surface area (TPSA) is 29.5 Å². The Labute approximate surface area is 344 Å². The van der Waals surface area contributed by atoms with Crippen molar-refractivity contribution in [3.8, 4) is 33.8 Å². The number of hydrogen-bond acceptors (Lipinski definition) is 2. The predicted molar refractivity (Wildman–Crippen MR) is 236 cm³/mol. The smallest absolute Gasteiger partial charge is 0.369 e. The third-order valence-electron chi connectivity index (χ3n) is 8.41. The zero-order valence-corrected chi connectivity index (χ0v) is 34.8. The van der Waals surface area contributed by atoms with E-state index in [1.807, 2.05) is 66.7 Å². The van der Waals surface area contributed by atoms with Crippen LogP contribution < -0.4 is 4.74 Å². The number of phenolic OH excluding ortho intramolecular Hbond substituents is 1. The number of phenols is 1. The van der Waals surface area contributed by atoms with Crippen LogP contribution in [0.5, 0.6) is 11.5 Å². The molecule has 0 heterocycles. The molecule has 0 saturated heterocycles. The van der Waals surface area contributed by atoms with Crippen molar-refractivity contribution >= 4 is 117 Å². The molecule has 8 rings (SSSR count). The molecule has 0 atom stereocenters. The number of fused-ring (bicyclic) bond motifs is 6. The molecule has 1 N–H and O–H groups in total. The quantitative estimate of drug-likeness (QED) is 0.141. The average molecular weight is 941 g/mol. The lowest BCUT2D eigenvalue weighted by Gasteiger charge is -2.13. The van der Waals surface area contributed by atoms with Gasteiger partial charge in [-0.15, -0.1) is 47.3 Å². The van der Waals surface area contributed by atoms with Gasteiger partial charge < -0.3 is 9.84 Å². The van der Waals surface area contributed by atoms with Crippen molar-refractivity contribution in [2.45, 2.75) is 13.8 Å². The Morgan fingerprint density at radius 2 is 0.981 bits per heavy atom. The molecule has 0 amide bonds. The lowest BCUT2D eigenvalue weighted by molar-refractivity contribution is 0.417. The summed E-state index contributed by atoms with van der Waals surface area (Å²) in [5, 5.41) is 18.9. The van der Waals surface area contributed by atoms with Crippen LogP contribution in [0, 0.1) is 11.6 Å². The number of methoxy groups -OCH3 is 1. The third kappa shape index (κ3) is 9.18. The van der Waals surface area contributed by atoms with Gasteiger partial charge in [-0.3, -0.25) is 0 Å². The maximum atomic E-state index is 14.5. The molecule has 0 saturated carbocycles. The van der Waals surface area contributed by atoms with Gasteiger partial charge in [0.25, 0.3) is 0 Å². The van der Waals surface area contributed by atoms with Crippen molar-refractivity contribution in [1.82, 2.24) is 0 Å². The van der Waals surface area contributed by atoms with Crippen molar-refractivity contribution in [3.05, 3.63) is 155 Å². The van der Waals surface area contributed by atoms with Gasteiger partial charge in [0.1, 0.15) is 23.1 Å². The van der Waals surface area contributed by atoms with E-state index in [4.69, 9.17) is 29.3 Å². The van der Waals surface area contributed by atoms with Gasteiger partial charge in [-0.05, 0) is 79.5 Å². The summed E-state index contributed by atoms with van der Waals surface area (Å²) in [4.78, 5) is 0. The molecule has 0 aromatic heterocycles. The molecule has 53 heavy (non-hydrogen) atoms. The minimum absolute atomic E-state index is 0.0361. The van der Waals surface area contributed by atoms with E-state index in [2.05, 4.69) is 71.5 Å². The Morgan fingerprint density at radius 3 is 1.47 bits per heavy atom. The highest BCUT2D eigenvalue weighted by molar-refractivity contribution is 9.69. The molecule has 268 valence electrons. The lowest BCUT2D eigenvalue weighted by Crippen LogP contribution is -1.92. The molecule has 2 nitrogen and oxygen atoms in total. The molecule has 8 aromatic carbocycles. The van der Waals surface area contributed by atoms with Crippen LogP contribution >= 0.6 is 70.5 Å². The van der Waals surface area contributed by atoms with Crippen LogP contribution in [0.15, 0.2) is 133 Å². The summed E-state index contributed by atoms with van der Waals surface area (Å²) in [5.41, 5.74) is 1.87. The maximum absolute atomic E-state index is 14.5. The number of benzene rings is 8. The van der Waals surface area contributed by atoms with Gasteiger partial charge in [0.15, 0.2) is 0 Å². The van der Waals surface area contributed by atoms with E-state index in [0.717, 1.165) is 43.1 Å². The molecule has 0 bridgehead atoms. The van der Waals surface area contributed by atoms with Crippen LogP contribution in [0.1, 0.15) is 15.2 Å². The number of halogens is 7. The van der Waals surface area contributed by atoms with Crippen LogP contribution in [0.3, 0.4) is 0 Å². The van der Waals surface area contributed by atoms with Gasteiger partial charge in [-0.1, -0.05) is 134 Å². The molecule has 0 aliphatic carbocycles. The number of ether oxygens (including phenoxy) is 1. The summed E-state index contributed by atoms with van der Waals surface area (Å²) < 4.78 is 40.9. The lowest BCUT2D eigenvalue weighted by atomic mass is 9.96. The zero-order chi connectivity index (χ0) is 38.9. The van der Waals surface area contributed by atoms with Crippen LogP contribution in [0.2, 0.25) is 10.0 Å². The SMILES string of the molecule is BrB(Br)Br.COc1cc2ccc3ccccc3c2cc1-c1cccc(Cl)c1F.Oc1cc2ccc3ccccc3c2cc1-c1cccc(Cl)c1F.[2H]CC. The summed E-state index contributed by atoms with van der Waals surface area (Å²) in [6.07, 6.45) is 0. The van der Waals surface area contributed by atoms with Gasteiger partial charge in [0.05, 0.1) is 17.2 Å². The molecule has 0 unspecified atom stereocenters. The van der Waals surface area contributed by atoms with E-state index < -0.39 is 11.6 Å². The van der Waals surface area contributed by atoms with Crippen molar-refractivity contribution in [3.63, 3.8) is 0 Å². The molecule has 0 spiro atoms. The second-order valence-corrected chi connectivity index (χ2v) is 18.6. The normalized spacial score (nSPS) is 10.8. The minimum Gasteiger partial charge on any atom is -0.507 e. The average Bonchev–Trinajstić information content (AvgIpc) is 3.16. The monoisotopic (exact) mass is 937 g/mol. The van der Waals surface area contributed by atoms with Crippen LogP contribution in [-0.2, 0) is 0 Å². The van der Waals surface area contributed by atoms with E-state index in [1.165, 1.54) is 6.07 Å². The largest absolute Gasteiger partial charge is 0.507 e. The Bertz CT molecular complexity index is 2570. The Kier molecular flexibility index (Phi) is 13.7. The fourth-order valence-electron chi connectivity index (χ4n) is 6.10. The summed E-state index contributed by atoms with van der Waals surface area (Å²) in [5.74, 6) is -0.297. The summed E-state index contributed by atoms with van der Waals surface area (Å²) >= 11 is 21.1. The van der Waals surface area contributed by atoms with Crippen molar-refractivity contribution in [2.24, 2.45) is 0 Å². The molecule has 0 aliphatic heterocycles. The van der Waals surface area contributed by atoms with Gasteiger partial charge in [0.2, 0.25) is 0 Å². The first-order valence-corrected chi connectivity index (χ1v) is 19.7. The minimum atomic E-state index is -0.524. The van der Waals surface area contributed by atoms with Crippen LogP contribution in [0.4, 0.5) is 8.78 Å². The van der Waals surface area contributed by atoms with E-state index in [-0.39, 0.29) is 19.0 Å². The van der Waals surface area contributed by atoms with E-state index in [9.17, 15) is 13.9 Å². The van der Waals surface area contributed by atoms with E-state index in [1.54, 1.807) is 50.4 Å². The van der Waals surface area contributed by atoms with Crippen LogP contribution in [0.25, 0.3) is 65.3 Å². The Balaban J connectivity index is 0.000000178.